The normalized spacial score (nSPS) is 13.7. The monoisotopic (exact) mass is 306 g/mol. The van der Waals surface area contributed by atoms with Crippen molar-refractivity contribution in [2.24, 2.45) is 5.73 Å². The van der Waals surface area contributed by atoms with Crippen LogP contribution in [0.15, 0.2) is 54.6 Å². The maximum Gasteiger partial charge on any atom is 0.299 e. The second-order valence-corrected chi connectivity index (χ2v) is 5.15. The van der Waals surface area contributed by atoms with Crippen molar-refractivity contribution < 1.29 is 14.4 Å². The molecule has 0 spiro atoms. The van der Waals surface area contributed by atoms with Crippen LogP contribution in [0, 0.1) is 0 Å². The van der Waals surface area contributed by atoms with Crippen molar-refractivity contribution in [3.8, 4) is 0 Å². The van der Waals surface area contributed by atoms with Crippen molar-refractivity contribution in [1.29, 1.82) is 0 Å². The molecule has 3 rings (SSSR count). The van der Waals surface area contributed by atoms with Gasteiger partial charge in [0.15, 0.2) is 0 Å². The summed E-state index contributed by atoms with van der Waals surface area (Å²) < 4.78 is 0. The first-order valence-electron chi connectivity index (χ1n) is 7.09. The number of nitrogens with two attached hydrogens (primary N) is 1. The molecule has 2 amide bonds. The van der Waals surface area contributed by atoms with Crippen LogP contribution in [0.2, 0.25) is 0 Å². The Bertz CT molecular complexity index is 825. The number of fused-ring (bicyclic) bond motifs is 1. The van der Waals surface area contributed by atoms with Gasteiger partial charge in [-0.3, -0.25) is 14.4 Å². The third kappa shape index (κ3) is 2.76. The first-order chi connectivity index (χ1) is 11.1. The molecule has 1 heterocycles. The Morgan fingerprint density at radius 2 is 1.83 bits per heavy atom. The van der Waals surface area contributed by atoms with E-state index < -0.39 is 17.6 Å². The number of nitrogens with zero attached hydrogens (tertiary/aromatic N) is 1. The zero-order valence-electron chi connectivity index (χ0n) is 12.2. The van der Waals surface area contributed by atoms with Gasteiger partial charge in [0.25, 0.3) is 11.7 Å². The highest BCUT2D eigenvalue weighted by molar-refractivity contribution is 6.52. The van der Waals surface area contributed by atoms with E-state index in [-0.39, 0.29) is 17.7 Å². The highest BCUT2D eigenvalue weighted by atomic mass is 16.2. The molecule has 23 heavy (non-hydrogen) atoms. The number of primary amides is 1. The second-order valence-electron chi connectivity index (χ2n) is 5.15. The van der Waals surface area contributed by atoms with E-state index in [4.69, 9.17) is 5.73 Å². The lowest BCUT2D eigenvalue weighted by Crippen LogP contribution is -2.29. The molecule has 0 aliphatic carbocycles. The lowest BCUT2D eigenvalue weighted by atomic mass is 10.1. The smallest absolute Gasteiger partial charge is 0.299 e. The number of carbonyl (C=O) groups excluding carboxylic acids is 3. The molecule has 0 saturated carbocycles. The van der Waals surface area contributed by atoms with Gasteiger partial charge < -0.3 is 10.6 Å². The minimum Gasteiger partial charge on any atom is -0.366 e. The summed E-state index contributed by atoms with van der Waals surface area (Å²) in [4.78, 5) is 36.8. The molecular formula is C18H14N2O3. The molecule has 0 aromatic heterocycles. The summed E-state index contributed by atoms with van der Waals surface area (Å²) in [5.74, 6) is -1.84. The fourth-order valence-corrected chi connectivity index (χ4v) is 2.49. The molecular weight excluding hydrogens is 292 g/mol. The number of carbonyl (C=O) groups is 3. The van der Waals surface area contributed by atoms with E-state index in [9.17, 15) is 14.4 Å². The fourth-order valence-electron chi connectivity index (χ4n) is 2.49. The number of ketones is 1. The van der Waals surface area contributed by atoms with Gasteiger partial charge in [0.05, 0.1) is 11.3 Å². The molecule has 0 bridgehead atoms. The number of amides is 2. The lowest BCUT2D eigenvalue weighted by Gasteiger charge is -2.14. The maximum absolute atomic E-state index is 12.1. The molecule has 0 atom stereocenters. The molecule has 2 aromatic rings. The molecule has 0 radical (unpaired) electrons. The minimum atomic E-state index is -0.629. The van der Waals surface area contributed by atoms with Crippen molar-refractivity contribution in [3.63, 3.8) is 0 Å². The van der Waals surface area contributed by atoms with Gasteiger partial charge in [-0.05, 0) is 23.8 Å². The summed E-state index contributed by atoms with van der Waals surface area (Å²) >= 11 is 0. The number of benzene rings is 2. The highest BCUT2D eigenvalue weighted by Crippen LogP contribution is 2.29. The molecule has 1 aliphatic heterocycles. The average Bonchev–Trinajstić information content (AvgIpc) is 2.80. The predicted molar refractivity (Wildman–Crippen MR) is 87.1 cm³/mol. The number of rotatable bonds is 4. The van der Waals surface area contributed by atoms with E-state index in [1.165, 1.54) is 17.0 Å². The topological polar surface area (TPSA) is 80.5 Å². The second kappa shape index (κ2) is 5.88. The van der Waals surface area contributed by atoms with Gasteiger partial charge in [-0.1, -0.05) is 42.5 Å². The van der Waals surface area contributed by atoms with E-state index in [1.807, 2.05) is 42.5 Å². The Morgan fingerprint density at radius 3 is 2.52 bits per heavy atom. The van der Waals surface area contributed by atoms with Crippen LogP contribution >= 0.6 is 0 Å². The van der Waals surface area contributed by atoms with Gasteiger partial charge in [0, 0.05) is 12.1 Å². The van der Waals surface area contributed by atoms with Crippen LogP contribution in [0.3, 0.4) is 0 Å². The Hall–Kier alpha value is -3.21. The number of hydrogen-bond acceptors (Lipinski definition) is 3. The first-order valence-corrected chi connectivity index (χ1v) is 7.09. The quantitative estimate of drug-likeness (QED) is 0.878. The zero-order valence-corrected chi connectivity index (χ0v) is 12.2. The van der Waals surface area contributed by atoms with Crippen molar-refractivity contribution in [3.05, 3.63) is 71.3 Å². The van der Waals surface area contributed by atoms with E-state index in [2.05, 4.69) is 0 Å². The zero-order chi connectivity index (χ0) is 16.4. The third-order valence-electron chi connectivity index (χ3n) is 3.65. The summed E-state index contributed by atoms with van der Waals surface area (Å²) in [5.41, 5.74) is 7.15. The van der Waals surface area contributed by atoms with Gasteiger partial charge in [0.2, 0.25) is 5.91 Å². The van der Waals surface area contributed by atoms with Crippen LogP contribution in [-0.2, 0) is 4.79 Å². The fraction of sp³-hybridized carbons (Fsp3) is 0.0556. The van der Waals surface area contributed by atoms with Crippen LogP contribution in [0.1, 0.15) is 26.3 Å². The molecule has 114 valence electrons. The van der Waals surface area contributed by atoms with Crippen LogP contribution < -0.4 is 10.6 Å². The molecule has 2 aromatic carbocycles. The molecule has 0 fully saturated rings. The third-order valence-corrected chi connectivity index (χ3v) is 3.65. The predicted octanol–water partition coefficient (Wildman–Crippen LogP) is 2.03. The lowest BCUT2D eigenvalue weighted by molar-refractivity contribution is -0.114. The summed E-state index contributed by atoms with van der Waals surface area (Å²) in [6.07, 6.45) is 3.70. The summed E-state index contributed by atoms with van der Waals surface area (Å²) in [6, 6.07) is 14.1. The Morgan fingerprint density at radius 1 is 1.09 bits per heavy atom. The summed E-state index contributed by atoms with van der Waals surface area (Å²) in [6.45, 7) is 0.280. The largest absolute Gasteiger partial charge is 0.366 e. The van der Waals surface area contributed by atoms with Crippen LogP contribution in [0.5, 0.6) is 0 Å². The van der Waals surface area contributed by atoms with Crippen molar-refractivity contribution in [2.75, 3.05) is 11.4 Å². The minimum absolute atomic E-state index is 0.214. The van der Waals surface area contributed by atoms with E-state index in [1.54, 1.807) is 6.07 Å². The van der Waals surface area contributed by atoms with Gasteiger partial charge in [0.1, 0.15) is 0 Å². The molecule has 0 unspecified atom stereocenters. The molecule has 2 N–H and O–H groups in total. The Kier molecular flexibility index (Phi) is 3.76. The first kappa shape index (κ1) is 14.7. The SMILES string of the molecule is NC(=O)c1ccc2c(c1)C(=O)C(=O)N2C/C=C/c1ccccc1. The standard InChI is InChI=1S/C18H14N2O3/c19-17(22)13-8-9-15-14(11-13)16(21)18(23)20(15)10-4-7-12-5-2-1-3-6-12/h1-9,11H,10H2,(H2,19,22)/b7-4+. The van der Waals surface area contributed by atoms with Crippen molar-refractivity contribution in [1.82, 2.24) is 0 Å². The van der Waals surface area contributed by atoms with Crippen LogP contribution in [0.25, 0.3) is 6.08 Å². The van der Waals surface area contributed by atoms with E-state index >= 15 is 0 Å². The molecule has 0 saturated heterocycles. The Balaban J connectivity index is 1.85. The Labute approximate surface area is 133 Å². The van der Waals surface area contributed by atoms with Gasteiger partial charge >= 0.3 is 0 Å². The van der Waals surface area contributed by atoms with E-state index in [0.29, 0.717) is 5.69 Å². The highest BCUT2D eigenvalue weighted by Gasteiger charge is 2.35. The molecule has 1 aliphatic rings. The average molecular weight is 306 g/mol. The number of anilines is 1. The summed E-state index contributed by atoms with van der Waals surface area (Å²) in [5, 5.41) is 0. The number of Topliss-reactive ketones (excluding diaryl/α,β-unsaturated/α-hetero) is 1. The van der Waals surface area contributed by atoms with Crippen LogP contribution in [-0.4, -0.2) is 24.1 Å². The number of hydrogen-bond donors (Lipinski definition) is 1. The maximum atomic E-state index is 12.1. The molecule has 5 nitrogen and oxygen atoms in total. The van der Waals surface area contributed by atoms with Gasteiger partial charge in [-0.15, -0.1) is 0 Å². The van der Waals surface area contributed by atoms with Crippen molar-refractivity contribution >= 4 is 29.4 Å². The van der Waals surface area contributed by atoms with Crippen molar-refractivity contribution in [2.45, 2.75) is 0 Å². The summed E-state index contributed by atoms with van der Waals surface area (Å²) in [7, 11) is 0. The van der Waals surface area contributed by atoms with Gasteiger partial charge in [-0.25, -0.2) is 0 Å². The molecule has 5 heteroatoms. The van der Waals surface area contributed by atoms with Gasteiger partial charge in [-0.2, -0.15) is 0 Å². The van der Waals surface area contributed by atoms with Crippen LogP contribution in [0.4, 0.5) is 5.69 Å². The van der Waals surface area contributed by atoms with E-state index in [0.717, 1.165) is 5.56 Å².